The predicted molar refractivity (Wildman–Crippen MR) is 145 cm³/mol. The number of hydrogen-bond donors (Lipinski definition) is 1. The maximum atomic E-state index is 14.7. The lowest BCUT2D eigenvalue weighted by atomic mass is 9.92. The van der Waals surface area contributed by atoms with E-state index in [0.29, 0.717) is 19.6 Å². The monoisotopic (exact) mass is 552 g/mol. The Morgan fingerprint density at radius 1 is 0.925 bits per heavy atom. The summed E-state index contributed by atoms with van der Waals surface area (Å²) < 4.78 is 32.8. The Kier molecular flexibility index (Phi) is 8.19. The molecule has 3 heterocycles. The average molecular weight is 553 g/mol. The molecule has 1 aliphatic heterocycles. The van der Waals surface area contributed by atoms with E-state index in [-0.39, 0.29) is 24.3 Å². The van der Waals surface area contributed by atoms with Gasteiger partial charge in [-0.05, 0) is 43.5 Å². The molecule has 4 aromatic rings. The summed E-state index contributed by atoms with van der Waals surface area (Å²) in [6.45, 7) is 8.29. The Morgan fingerprint density at radius 3 is 2.42 bits per heavy atom. The lowest BCUT2D eigenvalue weighted by molar-refractivity contribution is -0.0319. The van der Waals surface area contributed by atoms with E-state index in [1.807, 2.05) is 32.0 Å². The van der Waals surface area contributed by atoms with Crippen LogP contribution in [0.4, 0.5) is 8.78 Å². The molecular weight excluding hydrogens is 518 g/mol. The Morgan fingerprint density at radius 2 is 1.70 bits per heavy atom. The lowest BCUT2D eigenvalue weighted by Crippen LogP contribution is -2.52. The van der Waals surface area contributed by atoms with E-state index >= 15 is 0 Å². The lowest BCUT2D eigenvalue weighted by Gasteiger charge is -2.39. The summed E-state index contributed by atoms with van der Waals surface area (Å²) in [7, 11) is 0. The van der Waals surface area contributed by atoms with E-state index in [1.165, 1.54) is 28.1 Å². The minimum atomic E-state index is -1.62. The van der Waals surface area contributed by atoms with Gasteiger partial charge in [-0.3, -0.25) is 4.90 Å². The van der Waals surface area contributed by atoms with Gasteiger partial charge in [0.2, 0.25) is 0 Å². The molecule has 2 aromatic heterocycles. The summed E-state index contributed by atoms with van der Waals surface area (Å²) in [4.78, 5) is 21.2. The van der Waals surface area contributed by atoms with Crippen LogP contribution in [0.2, 0.25) is 0 Å². The summed E-state index contributed by atoms with van der Waals surface area (Å²) in [6, 6.07) is 9.24. The molecule has 5 rings (SSSR count). The summed E-state index contributed by atoms with van der Waals surface area (Å²) in [5.74, 6) is -1.49. The van der Waals surface area contributed by atoms with Gasteiger partial charge in [0.25, 0.3) is 0 Å². The Labute approximate surface area is 231 Å². The largest absolute Gasteiger partial charge is 0.382 e. The van der Waals surface area contributed by atoms with Crippen LogP contribution in [0, 0.1) is 25.5 Å². The SMILES string of the molecule is Cc1ccc(C)c(-n2cnn(CCCN3CCN(CC(O)(Cn4cncn4)c4ccc(F)cc4F)CC3)c2=O)c1. The van der Waals surface area contributed by atoms with Crippen molar-refractivity contribution in [2.24, 2.45) is 0 Å². The van der Waals surface area contributed by atoms with Crippen molar-refractivity contribution in [2.75, 3.05) is 39.3 Å². The summed E-state index contributed by atoms with van der Waals surface area (Å²) in [6.07, 6.45) is 5.15. The number of nitrogens with zero attached hydrogens (tertiary/aromatic N) is 8. The topological polar surface area (TPSA) is 97.2 Å². The van der Waals surface area contributed by atoms with Gasteiger partial charge >= 0.3 is 5.69 Å². The maximum Gasteiger partial charge on any atom is 0.350 e. The average Bonchev–Trinajstić information content (AvgIpc) is 3.56. The maximum absolute atomic E-state index is 14.7. The second-order valence-corrected chi connectivity index (χ2v) is 10.5. The van der Waals surface area contributed by atoms with Gasteiger partial charge in [-0.1, -0.05) is 18.2 Å². The van der Waals surface area contributed by atoms with Crippen LogP contribution < -0.4 is 5.69 Å². The minimum absolute atomic E-state index is 0.0146. The number of piperazine rings is 1. The highest BCUT2D eigenvalue weighted by atomic mass is 19.1. The van der Waals surface area contributed by atoms with E-state index in [9.17, 15) is 18.7 Å². The van der Waals surface area contributed by atoms with E-state index < -0.39 is 17.2 Å². The van der Waals surface area contributed by atoms with Crippen LogP contribution in [0.3, 0.4) is 0 Å². The van der Waals surface area contributed by atoms with Crippen molar-refractivity contribution in [3.63, 3.8) is 0 Å². The second kappa shape index (κ2) is 11.8. The molecule has 0 aliphatic carbocycles. The van der Waals surface area contributed by atoms with Gasteiger partial charge in [-0.2, -0.15) is 10.2 Å². The molecule has 10 nitrogen and oxygen atoms in total. The zero-order valence-electron chi connectivity index (χ0n) is 22.7. The molecule has 40 heavy (non-hydrogen) atoms. The number of benzene rings is 2. The van der Waals surface area contributed by atoms with Crippen LogP contribution in [0.15, 0.2) is 60.2 Å². The molecule has 0 bridgehead atoms. The zero-order chi connectivity index (χ0) is 28.3. The van der Waals surface area contributed by atoms with Crippen molar-refractivity contribution in [3.05, 3.63) is 94.2 Å². The first-order valence-electron chi connectivity index (χ1n) is 13.4. The standard InChI is InChI=1S/C28H34F2N8O2/c1-21-4-5-22(2)26(14-21)37-20-33-38(27(37)39)9-3-8-34-10-12-35(13-11-34)16-28(40,17-36-19-31-18-32-36)24-7-6-23(29)15-25(24)30/h4-7,14-15,18-20,40H,3,8-13,16-17H2,1-2H3. The Balaban J connectivity index is 1.16. The number of aliphatic hydroxyl groups is 1. The van der Waals surface area contributed by atoms with Gasteiger partial charge in [-0.25, -0.2) is 32.5 Å². The van der Waals surface area contributed by atoms with Gasteiger partial charge in [0.05, 0.1) is 12.2 Å². The van der Waals surface area contributed by atoms with Crippen LogP contribution in [0.1, 0.15) is 23.1 Å². The molecule has 2 aromatic carbocycles. The van der Waals surface area contributed by atoms with E-state index in [2.05, 4.69) is 25.0 Å². The van der Waals surface area contributed by atoms with Gasteiger partial charge in [0.15, 0.2) is 0 Å². The molecule has 1 atom stereocenters. The third-order valence-corrected chi connectivity index (χ3v) is 7.47. The Hall–Kier alpha value is -3.74. The molecule has 0 radical (unpaired) electrons. The minimum Gasteiger partial charge on any atom is -0.382 e. The highest BCUT2D eigenvalue weighted by Gasteiger charge is 2.36. The molecule has 12 heteroatoms. The molecule has 1 fully saturated rings. The number of hydrogen-bond acceptors (Lipinski definition) is 7. The van der Waals surface area contributed by atoms with Gasteiger partial charge in [-0.15, -0.1) is 0 Å². The normalized spacial score (nSPS) is 16.3. The molecule has 0 saturated carbocycles. The van der Waals surface area contributed by atoms with Crippen LogP contribution >= 0.6 is 0 Å². The summed E-state index contributed by atoms with van der Waals surface area (Å²) in [5, 5.41) is 20.0. The Bertz CT molecular complexity index is 1490. The fourth-order valence-corrected chi connectivity index (χ4v) is 5.29. The summed E-state index contributed by atoms with van der Waals surface area (Å²) in [5.41, 5.74) is 1.19. The van der Waals surface area contributed by atoms with Crippen molar-refractivity contribution < 1.29 is 13.9 Å². The van der Waals surface area contributed by atoms with Crippen molar-refractivity contribution in [1.82, 2.24) is 38.9 Å². The number of β-amino-alcohol motifs (C(OH)–C–C–N with tert-alkyl or cyclic N) is 1. The van der Waals surface area contributed by atoms with Crippen LogP contribution in [-0.4, -0.2) is 83.3 Å². The quantitative estimate of drug-likeness (QED) is 0.322. The van der Waals surface area contributed by atoms with Crippen LogP contribution in [0.5, 0.6) is 0 Å². The number of aromatic nitrogens is 6. The first kappa shape index (κ1) is 27.8. The molecule has 0 amide bonds. The van der Waals surface area contributed by atoms with Crippen LogP contribution in [0.25, 0.3) is 5.69 Å². The number of halogens is 2. The van der Waals surface area contributed by atoms with Crippen LogP contribution in [-0.2, 0) is 18.7 Å². The predicted octanol–water partition coefficient (Wildman–Crippen LogP) is 2.12. The van der Waals surface area contributed by atoms with Gasteiger partial charge in [0, 0.05) is 57.4 Å². The number of rotatable bonds is 10. The molecule has 1 N–H and O–H groups in total. The molecule has 1 unspecified atom stereocenters. The first-order chi connectivity index (χ1) is 19.2. The third-order valence-electron chi connectivity index (χ3n) is 7.47. The molecular formula is C28H34F2N8O2. The van der Waals surface area contributed by atoms with Gasteiger partial charge in [0.1, 0.15) is 36.2 Å². The highest BCUT2D eigenvalue weighted by molar-refractivity contribution is 5.42. The molecule has 212 valence electrons. The molecule has 0 spiro atoms. The van der Waals surface area contributed by atoms with Crippen molar-refractivity contribution >= 4 is 0 Å². The van der Waals surface area contributed by atoms with Crippen molar-refractivity contribution in [2.45, 2.75) is 39.0 Å². The molecule has 1 saturated heterocycles. The van der Waals surface area contributed by atoms with Crippen molar-refractivity contribution in [1.29, 1.82) is 0 Å². The fourth-order valence-electron chi connectivity index (χ4n) is 5.29. The smallest absolute Gasteiger partial charge is 0.350 e. The van der Waals surface area contributed by atoms with Gasteiger partial charge < -0.3 is 10.0 Å². The zero-order valence-corrected chi connectivity index (χ0v) is 22.7. The van der Waals surface area contributed by atoms with E-state index in [0.717, 1.165) is 55.0 Å². The van der Waals surface area contributed by atoms with Crippen molar-refractivity contribution in [3.8, 4) is 5.69 Å². The fraction of sp³-hybridized carbons (Fsp3) is 0.429. The summed E-state index contributed by atoms with van der Waals surface area (Å²) >= 11 is 0. The first-order valence-corrected chi connectivity index (χ1v) is 13.4. The van der Waals surface area contributed by atoms with E-state index in [4.69, 9.17) is 0 Å². The highest BCUT2D eigenvalue weighted by Crippen LogP contribution is 2.28. The third kappa shape index (κ3) is 6.19. The van der Waals surface area contributed by atoms with E-state index in [1.54, 1.807) is 10.9 Å². The molecule has 1 aliphatic rings. The second-order valence-electron chi connectivity index (χ2n) is 10.5. The number of aryl methyl sites for hydroxylation is 3.